The number of hydrogen-bond acceptors (Lipinski definition) is 21. The summed E-state index contributed by atoms with van der Waals surface area (Å²) in [4.78, 5) is 234. The number of carboxylic acid groups (broad SMARTS) is 4. The third-order valence-electron chi connectivity index (χ3n) is 15.2. The Balaban J connectivity index is 3.43. The Hall–Kier alpha value is -10.6. The number of phenols is 1. The van der Waals surface area contributed by atoms with Crippen molar-refractivity contribution in [2.75, 3.05) is 26.2 Å². The molecule has 0 radical (unpaired) electrons. The normalized spacial score (nSPS) is 14.6. The Bertz CT molecular complexity index is 3130. The van der Waals surface area contributed by atoms with E-state index in [0.717, 1.165) is 0 Å². The molecule has 0 saturated carbocycles. The molecule has 0 saturated heterocycles. The van der Waals surface area contributed by atoms with E-state index in [0.29, 0.717) is 5.56 Å². The number of nitrogens with two attached hydrogens (primary N) is 2. The fourth-order valence-corrected chi connectivity index (χ4v) is 9.38. The number of aromatic hydroxyl groups is 1. The van der Waals surface area contributed by atoms with Crippen LogP contribution in [0.5, 0.6) is 5.75 Å². The van der Waals surface area contributed by atoms with Crippen LogP contribution < -0.4 is 80.6 Å². The monoisotopic (exact) mass is 1450 g/mol. The molecule has 14 amide bonds. The van der Waals surface area contributed by atoms with Crippen molar-refractivity contribution in [1.29, 1.82) is 0 Å². The highest BCUT2D eigenvalue weighted by Crippen LogP contribution is 2.16. The molecule has 1 rings (SSSR count). The fourth-order valence-electron chi connectivity index (χ4n) is 9.38. The number of carbonyl (C=O) groups is 18. The zero-order valence-electron chi connectivity index (χ0n) is 58.3. The van der Waals surface area contributed by atoms with Gasteiger partial charge in [0.15, 0.2) is 0 Å². The first kappa shape index (κ1) is 89.4. The van der Waals surface area contributed by atoms with E-state index in [1.807, 2.05) is 0 Å². The van der Waals surface area contributed by atoms with Gasteiger partial charge in [-0.15, -0.1) is 0 Å². The lowest BCUT2D eigenvalue weighted by molar-refractivity contribution is -0.144. The van der Waals surface area contributed by atoms with Gasteiger partial charge in [-0.25, -0.2) is 4.79 Å². The van der Waals surface area contributed by atoms with Crippen LogP contribution in [-0.4, -0.2) is 230 Å². The minimum atomic E-state index is -2.01. The lowest BCUT2D eigenvalue weighted by Gasteiger charge is -2.29. The number of hydrogen-bond donors (Lipinski definition) is 21. The largest absolute Gasteiger partial charge is 0.508 e. The van der Waals surface area contributed by atoms with E-state index < -0.39 is 256 Å². The van der Waals surface area contributed by atoms with Crippen LogP contribution >= 0.6 is 0 Å². The number of primary amides is 1. The van der Waals surface area contributed by atoms with Crippen molar-refractivity contribution in [2.45, 2.75) is 199 Å². The number of phenolic OH excluding ortho intramolecular Hbond substituents is 1. The molecule has 0 fully saturated rings. The average molecular weight is 1450 g/mol. The highest BCUT2D eigenvalue weighted by atomic mass is 16.4. The van der Waals surface area contributed by atoms with Crippen molar-refractivity contribution in [3.63, 3.8) is 0 Å². The van der Waals surface area contributed by atoms with Crippen LogP contribution in [0.3, 0.4) is 0 Å². The summed E-state index contributed by atoms with van der Waals surface area (Å²) in [5, 5.41) is 87.5. The van der Waals surface area contributed by atoms with Gasteiger partial charge in [0.25, 0.3) is 0 Å². The van der Waals surface area contributed by atoms with Gasteiger partial charge in [-0.3, -0.25) is 81.5 Å². The second-order valence-corrected chi connectivity index (χ2v) is 25.3. The highest BCUT2D eigenvalue weighted by molar-refractivity contribution is 6.00. The predicted molar refractivity (Wildman–Crippen MR) is 356 cm³/mol. The number of benzene rings is 1. The molecule has 0 spiro atoms. The number of aliphatic carboxylic acids is 4. The van der Waals surface area contributed by atoms with E-state index in [4.69, 9.17) is 16.6 Å². The van der Waals surface area contributed by atoms with Gasteiger partial charge in [-0.2, -0.15) is 0 Å². The maximum Gasteiger partial charge on any atom is 0.328 e. The molecule has 0 aromatic heterocycles. The molecule has 12 atom stereocenters. The van der Waals surface area contributed by atoms with Crippen molar-refractivity contribution in [3.05, 3.63) is 29.8 Å². The molecule has 1 aromatic carbocycles. The van der Waals surface area contributed by atoms with E-state index in [1.54, 1.807) is 41.5 Å². The molecule has 570 valence electrons. The zero-order valence-corrected chi connectivity index (χ0v) is 58.3. The molecule has 0 aliphatic heterocycles. The number of carboxylic acids is 4. The Morgan fingerprint density at radius 2 is 0.804 bits per heavy atom. The SMILES string of the molecule is CC[C@H](C)[C@H](NC(=O)CNC(=O)CNC(=O)[C@H](CC(C)C)NC(=O)[C@H](CCC(=O)O)NC(=O)CNC(=O)[C@H](CCC(=O)O)NC(=O)[C@H](C)N)C(=O)N[C@@H](Cc1ccc(O)cc1)C(=O)N[C@@H](CCC(N)=O)C(=O)N[C@@H](CC(=O)O)C(=O)N[C@@H](CC(C)C)C(=O)N[C@H](C(=O)N[C@@H](CO)C(=O)O)C(C)C. The topological polar surface area (TPSA) is 637 Å². The summed E-state index contributed by atoms with van der Waals surface area (Å²) >= 11 is 0. The fraction of sp³-hybridized carbons (Fsp3) is 0.619. The molecule has 0 unspecified atom stereocenters. The minimum absolute atomic E-state index is 0.0787. The molecule has 39 heteroatoms. The van der Waals surface area contributed by atoms with E-state index in [-0.39, 0.29) is 43.3 Å². The maximum atomic E-state index is 14.5. The molecule has 39 nitrogen and oxygen atoms in total. The Labute approximate surface area is 587 Å². The second kappa shape index (κ2) is 45.2. The van der Waals surface area contributed by atoms with Gasteiger partial charge >= 0.3 is 23.9 Å². The first-order valence-electron chi connectivity index (χ1n) is 32.7. The van der Waals surface area contributed by atoms with Gasteiger partial charge in [0.2, 0.25) is 82.7 Å². The Kier molecular flexibility index (Phi) is 39.6. The molecule has 102 heavy (non-hydrogen) atoms. The molecule has 1 aromatic rings. The molecular formula is C63H99N15O24. The van der Waals surface area contributed by atoms with Crippen LogP contribution in [0.15, 0.2) is 24.3 Å². The Morgan fingerprint density at radius 1 is 0.412 bits per heavy atom. The van der Waals surface area contributed by atoms with E-state index in [2.05, 4.69) is 69.1 Å². The number of nitrogens with one attached hydrogen (secondary N) is 13. The number of amides is 14. The summed E-state index contributed by atoms with van der Waals surface area (Å²) in [6, 6.07) is -12.0. The standard InChI is InChI=1S/C63H99N15O24/c1-10-32(8)52(77-47(84)26-66-45(82)25-67-55(93)39(21-29(2)3)72-56(94)37(17-20-49(87)88)69-46(83)27-68-54(92)36(16-19-48(85)86)70-53(91)33(9)64)62(100)75-41(23-34-11-13-35(80)14-12-34)58(96)71-38(15-18-44(65)81)57(95)74-42(24-50(89)90)59(97)73-40(22-30(4)5)60(98)78-51(31(6)7)61(99)76-43(28-79)63(101)102/h11-14,29-33,36-43,51-52,79-80H,10,15-28,64H2,1-9H3,(H2,65,81)(H,66,82)(H,67,93)(H,68,92)(H,69,83)(H,70,91)(H,71,96)(H,72,94)(H,73,97)(H,74,95)(H,75,100)(H,76,99)(H,77,84)(H,78,98)(H,85,86)(H,87,88)(H,89,90)(H,101,102)/t32-,33-,36-,37-,38-,39-,40-,41-,42-,43-,51-,52-/m0/s1. The van der Waals surface area contributed by atoms with Crippen molar-refractivity contribution in [2.24, 2.45) is 35.1 Å². The summed E-state index contributed by atoms with van der Waals surface area (Å²) < 4.78 is 0. The molecular weight excluding hydrogens is 1350 g/mol. The van der Waals surface area contributed by atoms with E-state index >= 15 is 0 Å². The van der Waals surface area contributed by atoms with Crippen LogP contribution in [0.2, 0.25) is 0 Å². The minimum Gasteiger partial charge on any atom is -0.508 e. The molecule has 0 heterocycles. The second-order valence-electron chi connectivity index (χ2n) is 25.3. The number of aliphatic hydroxyl groups excluding tert-OH is 1. The highest BCUT2D eigenvalue weighted by Gasteiger charge is 2.38. The van der Waals surface area contributed by atoms with E-state index in [1.165, 1.54) is 45.0 Å². The van der Waals surface area contributed by atoms with Gasteiger partial charge in [0.05, 0.1) is 38.7 Å². The van der Waals surface area contributed by atoms with Gasteiger partial charge in [0, 0.05) is 25.7 Å². The number of rotatable bonds is 48. The van der Waals surface area contributed by atoms with Gasteiger partial charge < -0.3 is 111 Å². The summed E-state index contributed by atoms with van der Waals surface area (Å²) in [6.07, 6.45) is -4.88. The summed E-state index contributed by atoms with van der Waals surface area (Å²) in [5.74, 6) is -22.6. The van der Waals surface area contributed by atoms with Gasteiger partial charge in [-0.1, -0.05) is 73.9 Å². The maximum absolute atomic E-state index is 14.5. The van der Waals surface area contributed by atoms with Crippen molar-refractivity contribution < 1.29 is 117 Å². The van der Waals surface area contributed by atoms with Crippen molar-refractivity contribution in [1.82, 2.24) is 69.1 Å². The lowest BCUT2D eigenvalue weighted by atomic mass is 9.97. The molecule has 0 bridgehead atoms. The summed E-state index contributed by atoms with van der Waals surface area (Å²) in [6.45, 7) is 10.7. The lowest BCUT2D eigenvalue weighted by Crippen LogP contribution is -2.61. The zero-order chi connectivity index (χ0) is 77.8. The van der Waals surface area contributed by atoms with Crippen molar-refractivity contribution >= 4 is 107 Å². The first-order chi connectivity index (χ1) is 47.6. The molecule has 23 N–H and O–H groups in total. The first-order valence-corrected chi connectivity index (χ1v) is 32.7. The van der Waals surface area contributed by atoms with Crippen LogP contribution in [0.4, 0.5) is 0 Å². The number of aliphatic hydroxyl groups is 1. The number of carbonyl (C=O) groups excluding carboxylic acids is 14. The van der Waals surface area contributed by atoms with E-state index in [9.17, 15) is 112 Å². The van der Waals surface area contributed by atoms with Gasteiger partial charge in [-0.05, 0) is 80.4 Å². The quantitative estimate of drug-likeness (QED) is 0.0289. The van der Waals surface area contributed by atoms with Crippen LogP contribution in [0, 0.1) is 23.7 Å². The van der Waals surface area contributed by atoms with Crippen LogP contribution in [0.1, 0.15) is 132 Å². The molecule has 0 aliphatic carbocycles. The summed E-state index contributed by atoms with van der Waals surface area (Å²) in [5.41, 5.74) is 11.3. The predicted octanol–water partition coefficient (Wildman–Crippen LogP) is -6.18. The molecule has 0 aliphatic rings. The average Bonchev–Trinajstić information content (AvgIpc) is 0.849. The third-order valence-corrected chi connectivity index (χ3v) is 15.2. The Morgan fingerprint density at radius 3 is 1.27 bits per heavy atom. The van der Waals surface area contributed by atoms with Crippen LogP contribution in [-0.2, 0) is 92.7 Å². The summed E-state index contributed by atoms with van der Waals surface area (Å²) in [7, 11) is 0. The van der Waals surface area contributed by atoms with Gasteiger partial charge in [0.1, 0.15) is 66.2 Å². The van der Waals surface area contributed by atoms with Crippen molar-refractivity contribution in [3.8, 4) is 5.75 Å². The third kappa shape index (κ3) is 34.9. The smallest absolute Gasteiger partial charge is 0.328 e. The van der Waals surface area contributed by atoms with Crippen LogP contribution in [0.25, 0.3) is 0 Å².